The number of urea groups is 1. The van der Waals surface area contributed by atoms with Crippen LogP contribution >= 0.6 is 0 Å². The van der Waals surface area contributed by atoms with Crippen molar-refractivity contribution in [1.82, 2.24) is 4.90 Å². The van der Waals surface area contributed by atoms with Crippen LogP contribution < -0.4 is 20.5 Å². The Hall–Kier alpha value is -2.73. The molecule has 1 fully saturated rings. The van der Waals surface area contributed by atoms with Gasteiger partial charge in [0.15, 0.2) is 0 Å². The largest absolute Gasteiger partial charge is 0.497 e. The molecule has 2 aromatic rings. The van der Waals surface area contributed by atoms with Gasteiger partial charge in [0.1, 0.15) is 17.2 Å². The van der Waals surface area contributed by atoms with E-state index < -0.39 is 0 Å². The number of hydrogen-bond donors (Lipinski definition) is 2. The first-order chi connectivity index (χ1) is 12.7. The SMILES string of the molecule is COc1cccc(Oc2ccc(NC(=O)N3CCCCC3CN)cc2)c1. The molecule has 0 aromatic heterocycles. The van der Waals surface area contributed by atoms with Gasteiger partial charge in [0.25, 0.3) is 0 Å². The van der Waals surface area contributed by atoms with Gasteiger partial charge in [-0.15, -0.1) is 0 Å². The maximum absolute atomic E-state index is 12.5. The van der Waals surface area contributed by atoms with E-state index >= 15 is 0 Å². The zero-order chi connectivity index (χ0) is 18.4. The van der Waals surface area contributed by atoms with Crippen molar-refractivity contribution < 1.29 is 14.3 Å². The third-order valence-electron chi connectivity index (χ3n) is 4.54. The molecule has 1 saturated heterocycles. The summed E-state index contributed by atoms with van der Waals surface area (Å²) < 4.78 is 11.0. The van der Waals surface area contributed by atoms with E-state index in [9.17, 15) is 4.79 Å². The average molecular weight is 355 g/mol. The second kappa shape index (κ2) is 8.58. The van der Waals surface area contributed by atoms with Crippen LogP contribution in [-0.4, -0.2) is 37.2 Å². The maximum Gasteiger partial charge on any atom is 0.322 e. The summed E-state index contributed by atoms with van der Waals surface area (Å²) in [5.41, 5.74) is 6.52. The van der Waals surface area contributed by atoms with Crippen LogP contribution in [0.5, 0.6) is 17.2 Å². The Kier molecular flexibility index (Phi) is 5.96. The highest BCUT2D eigenvalue weighted by atomic mass is 16.5. The molecule has 1 aliphatic heterocycles. The Morgan fingerprint density at radius 2 is 1.92 bits per heavy atom. The van der Waals surface area contributed by atoms with Gasteiger partial charge in [-0.2, -0.15) is 0 Å². The van der Waals surface area contributed by atoms with Crippen LogP contribution in [0.3, 0.4) is 0 Å². The number of piperidine rings is 1. The first-order valence-electron chi connectivity index (χ1n) is 8.89. The second-order valence-corrected chi connectivity index (χ2v) is 6.31. The zero-order valence-electron chi connectivity index (χ0n) is 15.0. The molecule has 26 heavy (non-hydrogen) atoms. The van der Waals surface area contributed by atoms with Crippen LogP contribution in [0, 0.1) is 0 Å². The quantitative estimate of drug-likeness (QED) is 0.854. The molecule has 6 heteroatoms. The average Bonchev–Trinajstić information content (AvgIpc) is 2.69. The van der Waals surface area contributed by atoms with Crippen molar-refractivity contribution in [2.75, 3.05) is 25.5 Å². The lowest BCUT2D eigenvalue weighted by molar-refractivity contribution is 0.166. The van der Waals surface area contributed by atoms with Crippen molar-refractivity contribution in [3.8, 4) is 17.2 Å². The fraction of sp³-hybridized carbons (Fsp3) is 0.350. The number of carbonyl (C=O) groups excluding carboxylic acids is 1. The highest BCUT2D eigenvalue weighted by Gasteiger charge is 2.25. The zero-order valence-corrected chi connectivity index (χ0v) is 15.0. The van der Waals surface area contributed by atoms with E-state index in [1.165, 1.54) is 0 Å². The van der Waals surface area contributed by atoms with E-state index in [0.29, 0.717) is 18.0 Å². The minimum absolute atomic E-state index is 0.0957. The fourth-order valence-corrected chi connectivity index (χ4v) is 3.12. The summed E-state index contributed by atoms with van der Waals surface area (Å²) in [7, 11) is 1.62. The molecule has 1 aliphatic rings. The van der Waals surface area contributed by atoms with Crippen molar-refractivity contribution >= 4 is 11.7 Å². The third kappa shape index (κ3) is 4.46. The molecule has 0 aliphatic carbocycles. The minimum Gasteiger partial charge on any atom is -0.497 e. The normalized spacial score (nSPS) is 16.8. The number of benzene rings is 2. The molecule has 0 spiro atoms. The molecule has 0 bridgehead atoms. The second-order valence-electron chi connectivity index (χ2n) is 6.31. The molecule has 0 radical (unpaired) electrons. The first-order valence-corrected chi connectivity index (χ1v) is 8.89. The summed E-state index contributed by atoms with van der Waals surface area (Å²) in [6.45, 7) is 1.26. The Morgan fingerprint density at radius 3 is 2.65 bits per heavy atom. The molecule has 1 atom stereocenters. The van der Waals surface area contributed by atoms with Gasteiger partial charge >= 0.3 is 6.03 Å². The number of nitrogens with zero attached hydrogens (tertiary/aromatic N) is 1. The Bertz CT molecular complexity index is 733. The number of carbonyl (C=O) groups is 1. The van der Waals surface area contributed by atoms with E-state index in [2.05, 4.69) is 5.32 Å². The first kappa shape index (κ1) is 18.1. The number of nitrogens with one attached hydrogen (secondary N) is 1. The van der Waals surface area contributed by atoms with Crippen LogP contribution in [0.1, 0.15) is 19.3 Å². The minimum atomic E-state index is -0.0957. The highest BCUT2D eigenvalue weighted by Crippen LogP contribution is 2.26. The van der Waals surface area contributed by atoms with Crippen molar-refractivity contribution in [2.24, 2.45) is 5.73 Å². The predicted octanol–water partition coefficient (Wildman–Crippen LogP) is 3.83. The van der Waals surface area contributed by atoms with Crippen molar-refractivity contribution in [3.05, 3.63) is 48.5 Å². The summed E-state index contributed by atoms with van der Waals surface area (Å²) in [6.07, 6.45) is 3.12. The third-order valence-corrected chi connectivity index (χ3v) is 4.54. The van der Waals surface area contributed by atoms with Gasteiger partial charge in [0, 0.05) is 30.9 Å². The van der Waals surface area contributed by atoms with Crippen molar-refractivity contribution in [1.29, 1.82) is 0 Å². The summed E-state index contributed by atoms with van der Waals surface area (Å²) in [4.78, 5) is 14.3. The van der Waals surface area contributed by atoms with Gasteiger partial charge in [0.2, 0.25) is 0 Å². The lowest BCUT2D eigenvalue weighted by Crippen LogP contribution is -2.49. The number of anilines is 1. The summed E-state index contributed by atoms with van der Waals surface area (Å²) in [5, 5.41) is 2.94. The molecule has 0 saturated carbocycles. The van der Waals surface area contributed by atoms with Gasteiger partial charge in [0.05, 0.1) is 7.11 Å². The van der Waals surface area contributed by atoms with E-state index in [1.807, 2.05) is 53.4 Å². The van der Waals surface area contributed by atoms with Crippen LogP contribution in [0.25, 0.3) is 0 Å². The standard InChI is InChI=1S/C20H25N3O3/c1-25-18-6-4-7-19(13-18)26-17-10-8-15(9-11-17)22-20(24)23-12-3-2-5-16(23)14-21/h4,6-11,13,16H,2-3,5,12,14,21H2,1H3,(H,22,24). The van der Waals surface area contributed by atoms with Gasteiger partial charge in [-0.1, -0.05) is 6.07 Å². The van der Waals surface area contributed by atoms with E-state index in [1.54, 1.807) is 7.11 Å². The number of rotatable bonds is 5. The predicted molar refractivity (Wildman–Crippen MR) is 102 cm³/mol. The summed E-state index contributed by atoms with van der Waals surface area (Å²) in [6, 6.07) is 14.7. The number of likely N-dealkylation sites (tertiary alicyclic amines) is 1. The molecule has 3 rings (SSSR count). The van der Waals surface area contributed by atoms with Gasteiger partial charge < -0.3 is 25.4 Å². The van der Waals surface area contributed by atoms with Crippen LogP contribution in [0.15, 0.2) is 48.5 Å². The number of methoxy groups -OCH3 is 1. The van der Waals surface area contributed by atoms with Crippen molar-refractivity contribution in [2.45, 2.75) is 25.3 Å². The smallest absolute Gasteiger partial charge is 0.322 e. The van der Waals surface area contributed by atoms with Crippen molar-refractivity contribution in [3.63, 3.8) is 0 Å². The lowest BCUT2D eigenvalue weighted by Gasteiger charge is -2.34. The molecule has 2 aromatic carbocycles. The lowest BCUT2D eigenvalue weighted by atomic mass is 10.0. The Balaban J connectivity index is 1.61. The summed E-state index contributed by atoms with van der Waals surface area (Å²) >= 11 is 0. The molecule has 1 heterocycles. The van der Waals surface area contributed by atoms with Crippen LogP contribution in [0.2, 0.25) is 0 Å². The van der Waals surface area contributed by atoms with Gasteiger partial charge in [-0.3, -0.25) is 0 Å². The van der Waals surface area contributed by atoms with Gasteiger partial charge in [-0.05, 0) is 55.7 Å². The Labute approximate surface area is 153 Å². The van der Waals surface area contributed by atoms with E-state index in [-0.39, 0.29) is 12.1 Å². The maximum atomic E-state index is 12.5. The number of amides is 2. The fourth-order valence-electron chi connectivity index (χ4n) is 3.12. The molecular formula is C20H25N3O3. The van der Waals surface area contributed by atoms with Crippen LogP contribution in [-0.2, 0) is 0 Å². The highest BCUT2D eigenvalue weighted by molar-refractivity contribution is 5.89. The van der Waals surface area contributed by atoms with E-state index in [0.717, 1.165) is 37.2 Å². The van der Waals surface area contributed by atoms with E-state index in [4.69, 9.17) is 15.2 Å². The topological polar surface area (TPSA) is 76.8 Å². The molecule has 6 nitrogen and oxygen atoms in total. The molecular weight excluding hydrogens is 330 g/mol. The summed E-state index contributed by atoms with van der Waals surface area (Å²) in [5.74, 6) is 2.12. The Morgan fingerprint density at radius 1 is 1.15 bits per heavy atom. The monoisotopic (exact) mass is 355 g/mol. The molecule has 1 unspecified atom stereocenters. The van der Waals surface area contributed by atoms with Gasteiger partial charge in [-0.25, -0.2) is 4.79 Å². The molecule has 138 valence electrons. The van der Waals surface area contributed by atoms with Crippen LogP contribution in [0.4, 0.5) is 10.5 Å². The molecule has 3 N–H and O–H groups in total. The number of nitrogens with two attached hydrogens (primary N) is 1. The number of hydrogen-bond acceptors (Lipinski definition) is 4. The molecule has 2 amide bonds. The number of ether oxygens (including phenoxy) is 2.